The Morgan fingerprint density at radius 2 is 1.97 bits per heavy atom. The van der Waals surface area contributed by atoms with Gasteiger partial charge in [0.15, 0.2) is 5.16 Å². The molecule has 3 aromatic heterocycles. The van der Waals surface area contributed by atoms with Gasteiger partial charge in [-0.15, -0.1) is 11.3 Å². The van der Waals surface area contributed by atoms with Crippen LogP contribution in [0.2, 0.25) is 0 Å². The van der Waals surface area contributed by atoms with Gasteiger partial charge < -0.3 is 9.26 Å². The highest BCUT2D eigenvalue weighted by atomic mass is 32.2. The van der Waals surface area contributed by atoms with E-state index < -0.39 is 0 Å². The molecule has 30 heavy (non-hydrogen) atoms. The predicted molar refractivity (Wildman–Crippen MR) is 122 cm³/mol. The number of hydrogen-bond acceptors (Lipinski definition) is 7. The summed E-state index contributed by atoms with van der Waals surface area (Å²) >= 11 is 3.05. The van der Waals surface area contributed by atoms with Crippen molar-refractivity contribution in [2.45, 2.75) is 45.5 Å². The summed E-state index contributed by atoms with van der Waals surface area (Å²) in [7, 11) is 1.61. The molecular formula is C22H23N3O3S2. The van der Waals surface area contributed by atoms with Crippen LogP contribution in [0.5, 0.6) is 5.75 Å². The summed E-state index contributed by atoms with van der Waals surface area (Å²) < 4.78 is 12.6. The third-order valence-electron chi connectivity index (χ3n) is 5.27. The van der Waals surface area contributed by atoms with Crippen molar-refractivity contribution in [3.05, 3.63) is 61.6 Å². The number of nitrogens with zero attached hydrogens (tertiary/aromatic N) is 3. The Hall–Kier alpha value is -2.58. The molecule has 0 radical (unpaired) electrons. The second-order valence-corrected chi connectivity index (χ2v) is 9.41. The molecule has 0 bridgehead atoms. The average Bonchev–Trinajstić information content (AvgIpc) is 3.18. The minimum Gasteiger partial charge on any atom is -0.495 e. The van der Waals surface area contributed by atoms with Crippen molar-refractivity contribution >= 4 is 33.3 Å². The molecular weight excluding hydrogens is 418 g/mol. The third kappa shape index (κ3) is 3.44. The summed E-state index contributed by atoms with van der Waals surface area (Å²) in [4.78, 5) is 20.4. The molecule has 0 aliphatic heterocycles. The zero-order chi connectivity index (χ0) is 21.6. The molecule has 3 heterocycles. The van der Waals surface area contributed by atoms with Crippen LogP contribution in [0.1, 0.15) is 33.0 Å². The van der Waals surface area contributed by atoms with Crippen molar-refractivity contribution in [3.8, 4) is 11.4 Å². The topological polar surface area (TPSA) is 70.2 Å². The minimum absolute atomic E-state index is 0.0768. The van der Waals surface area contributed by atoms with Crippen LogP contribution in [0.4, 0.5) is 0 Å². The molecule has 8 heteroatoms. The molecule has 0 saturated carbocycles. The second kappa shape index (κ2) is 7.92. The molecule has 0 amide bonds. The summed E-state index contributed by atoms with van der Waals surface area (Å²) in [6.45, 7) is 9.82. The van der Waals surface area contributed by atoms with Gasteiger partial charge in [0, 0.05) is 16.2 Å². The van der Waals surface area contributed by atoms with E-state index in [1.165, 1.54) is 11.8 Å². The molecule has 0 fully saturated rings. The molecule has 0 aliphatic carbocycles. The molecule has 4 aromatic rings. The fourth-order valence-corrected chi connectivity index (χ4v) is 5.63. The Bertz CT molecular complexity index is 1300. The lowest BCUT2D eigenvalue weighted by Crippen LogP contribution is -2.22. The molecule has 0 N–H and O–H groups in total. The van der Waals surface area contributed by atoms with Gasteiger partial charge in [0.25, 0.3) is 5.56 Å². The van der Waals surface area contributed by atoms with Crippen molar-refractivity contribution in [3.63, 3.8) is 0 Å². The van der Waals surface area contributed by atoms with Gasteiger partial charge in [-0.05, 0) is 57.9 Å². The van der Waals surface area contributed by atoms with Gasteiger partial charge in [-0.1, -0.05) is 23.0 Å². The van der Waals surface area contributed by atoms with E-state index in [0.717, 1.165) is 37.9 Å². The standard InChI is InChI=1S/C22H23N3O3S2/c1-11-7-8-18(27-6)17(9-11)25-21(26)19-12(2)15(5)30-20(19)23-22(25)29-10-16-13(3)24-28-14(16)4/h7-9H,10H2,1-6H3. The van der Waals surface area contributed by atoms with Crippen molar-refractivity contribution in [1.82, 2.24) is 14.7 Å². The van der Waals surface area contributed by atoms with Gasteiger partial charge in [0.05, 0.1) is 23.9 Å². The third-order valence-corrected chi connectivity index (χ3v) is 7.34. The van der Waals surface area contributed by atoms with Crippen LogP contribution in [0.15, 0.2) is 32.7 Å². The first-order chi connectivity index (χ1) is 14.3. The normalized spacial score (nSPS) is 11.4. The molecule has 6 nitrogen and oxygen atoms in total. The molecule has 4 rings (SSSR count). The number of aromatic nitrogens is 3. The SMILES string of the molecule is COc1ccc(C)cc1-n1c(SCc2c(C)noc2C)nc2sc(C)c(C)c2c1=O. The fourth-order valence-electron chi connectivity index (χ4n) is 3.40. The maximum absolute atomic E-state index is 13.7. The molecule has 1 aromatic carbocycles. The van der Waals surface area contributed by atoms with Crippen molar-refractivity contribution in [1.29, 1.82) is 0 Å². The van der Waals surface area contributed by atoms with E-state index in [0.29, 0.717) is 27.7 Å². The molecule has 0 saturated heterocycles. The number of ether oxygens (including phenoxy) is 1. The first kappa shape index (κ1) is 20.7. The number of rotatable bonds is 5. The molecule has 0 aliphatic rings. The fraction of sp³-hybridized carbons (Fsp3) is 0.318. The number of methoxy groups -OCH3 is 1. The van der Waals surface area contributed by atoms with Crippen molar-refractivity contribution < 1.29 is 9.26 Å². The Balaban J connectivity index is 1.96. The number of thiophene rings is 1. The van der Waals surface area contributed by atoms with Crippen LogP contribution in [-0.4, -0.2) is 21.8 Å². The van der Waals surface area contributed by atoms with E-state index in [1.54, 1.807) is 23.0 Å². The average molecular weight is 442 g/mol. The van der Waals surface area contributed by atoms with Gasteiger partial charge in [-0.3, -0.25) is 9.36 Å². The summed E-state index contributed by atoms with van der Waals surface area (Å²) in [5, 5.41) is 5.33. The van der Waals surface area contributed by atoms with E-state index in [2.05, 4.69) is 5.16 Å². The number of benzene rings is 1. The minimum atomic E-state index is -0.0768. The molecule has 0 unspecified atom stereocenters. The summed E-state index contributed by atoms with van der Waals surface area (Å²) in [6.07, 6.45) is 0. The Morgan fingerprint density at radius 3 is 2.63 bits per heavy atom. The lowest BCUT2D eigenvalue weighted by atomic mass is 10.2. The Labute approximate surface area is 182 Å². The molecule has 0 spiro atoms. The first-order valence-electron chi connectivity index (χ1n) is 9.54. The van der Waals surface area contributed by atoms with Crippen molar-refractivity contribution in [2.75, 3.05) is 7.11 Å². The zero-order valence-corrected chi connectivity index (χ0v) is 19.5. The zero-order valence-electron chi connectivity index (χ0n) is 17.8. The Kier molecular flexibility index (Phi) is 5.46. The van der Waals surface area contributed by atoms with Crippen molar-refractivity contribution in [2.24, 2.45) is 0 Å². The van der Waals surface area contributed by atoms with Crippen LogP contribution in [0.3, 0.4) is 0 Å². The maximum Gasteiger partial charge on any atom is 0.267 e. The first-order valence-corrected chi connectivity index (χ1v) is 11.3. The van der Waals surface area contributed by atoms with E-state index >= 15 is 0 Å². The quantitative estimate of drug-likeness (QED) is 0.310. The highest BCUT2D eigenvalue weighted by Crippen LogP contribution is 2.33. The van der Waals surface area contributed by atoms with E-state index in [1.807, 2.05) is 52.8 Å². The lowest BCUT2D eigenvalue weighted by Gasteiger charge is -2.16. The molecule has 156 valence electrons. The van der Waals surface area contributed by atoms with Crippen LogP contribution in [0.25, 0.3) is 15.9 Å². The monoisotopic (exact) mass is 441 g/mol. The van der Waals surface area contributed by atoms with Gasteiger partial charge >= 0.3 is 0 Å². The number of fused-ring (bicyclic) bond motifs is 1. The molecule has 0 atom stereocenters. The van der Waals surface area contributed by atoms with E-state index in [-0.39, 0.29) is 5.56 Å². The number of hydrogen-bond donors (Lipinski definition) is 0. The van der Waals surface area contributed by atoms with Gasteiger partial charge in [0.1, 0.15) is 16.3 Å². The van der Waals surface area contributed by atoms with Crippen LogP contribution >= 0.6 is 23.1 Å². The van der Waals surface area contributed by atoms with Gasteiger partial charge in [-0.2, -0.15) is 0 Å². The van der Waals surface area contributed by atoms with Crippen LogP contribution in [0, 0.1) is 34.6 Å². The second-order valence-electron chi connectivity index (χ2n) is 7.27. The summed E-state index contributed by atoms with van der Waals surface area (Å²) in [5.41, 5.74) is 4.52. The summed E-state index contributed by atoms with van der Waals surface area (Å²) in [5.74, 6) is 2.02. The van der Waals surface area contributed by atoms with E-state index in [9.17, 15) is 4.79 Å². The predicted octanol–water partition coefficient (Wildman–Crippen LogP) is 5.28. The van der Waals surface area contributed by atoms with Gasteiger partial charge in [0.2, 0.25) is 0 Å². The van der Waals surface area contributed by atoms with Gasteiger partial charge in [-0.25, -0.2) is 4.98 Å². The van der Waals surface area contributed by atoms with Crippen LogP contribution < -0.4 is 10.3 Å². The van der Waals surface area contributed by atoms with E-state index in [4.69, 9.17) is 14.2 Å². The highest BCUT2D eigenvalue weighted by Gasteiger charge is 2.21. The Morgan fingerprint density at radius 1 is 1.20 bits per heavy atom. The smallest absolute Gasteiger partial charge is 0.267 e. The highest BCUT2D eigenvalue weighted by molar-refractivity contribution is 7.98. The van der Waals surface area contributed by atoms with Crippen LogP contribution in [-0.2, 0) is 5.75 Å². The summed E-state index contributed by atoms with van der Waals surface area (Å²) in [6, 6.07) is 5.81. The largest absolute Gasteiger partial charge is 0.495 e. The number of aryl methyl sites for hydroxylation is 5. The lowest BCUT2D eigenvalue weighted by molar-refractivity contribution is 0.392. The number of thioether (sulfide) groups is 1. The maximum atomic E-state index is 13.7.